The molecule has 4 nitrogen and oxygen atoms in total. The summed E-state index contributed by atoms with van der Waals surface area (Å²) in [5, 5.41) is 4.56. The van der Waals surface area contributed by atoms with Gasteiger partial charge in [0.25, 0.3) is 0 Å². The minimum absolute atomic E-state index is 0.486. The van der Waals surface area contributed by atoms with Crippen molar-refractivity contribution in [2.75, 3.05) is 45.7 Å². The van der Waals surface area contributed by atoms with E-state index in [2.05, 4.69) is 34.1 Å². The summed E-state index contributed by atoms with van der Waals surface area (Å²) >= 11 is 1.81. The molecule has 1 aromatic rings. The van der Waals surface area contributed by atoms with Crippen LogP contribution in [0.2, 0.25) is 0 Å². The Morgan fingerprint density at radius 2 is 2.25 bits per heavy atom. The van der Waals surface area contributed by atoms with Gasteiger partial charge in [-0.3, -0.25) is 4.90 Å². The van der Waals surface area contributed by atoms with E-state index in [1.807, 2.05) is 25.4 Å². The van der Waals surface area contributed by atoms with Crippen LogP contribution in [-0.4, -0.2) is 50.7 Å². The maximum atomic E-state index is 4.61. The smallest absolute Gasteiger partial charge is 0.185 e. The number of nitrogens with one attached hydrogen (secondary N) is 1. The molecule has 0 aliphatic carbocycles. The molecule has 0 radical (unpaired) electrons. The number of rotatable bonds is 2. The van der Waals surface area contributed by atoms with Gasteiger partial charge in [-0.15, -0.1) is 0 Å². The van der Waals surface area contributed by atoms with E-state index in [4.69, 9.17) is 0 Å². The Kier molecular flexibility index (Phi) is 3.47. The summed E-state index contributed by atoms with van der Waals surface area (Å²) in [6.07, 6.45) is 0. The Bertz CT molecular complexity index is 361. The van der Waals surface area contributed by atoms with Crippen molar-refractivity contribution in [3.8, 4) is 0 Å². The van der Waals surface area contributed by atoms with E-state index in [1.165, 1.54) is 10.6 Å². The van der Waals surface area contributed by atoms with Crippen LogP contribution in [-0.2, 0) is 0 Å². The summed E-state index contributed by atoms with van der Waals surface area (Å²) in [4.78, 5) is 10.5. The molecule has 1 unspecified atom stereocenters. The summed E-state index contributed by atoms with van der Waals surface area (Å²) in [5.41, 5.74) is 1.18. The van der Waals surface area contributed by atoms with Gasteiger partial charge in [-0.2, -0.15) is 0 Å². The number of aryl methyl sites for hydroxylation is 1. The van der Waals surface area contributed by atoms with E-state index in [-0.39, 0.29) is 0 Å². The van der Waals surface area contributed by atoms with Crippen LogP contribution in [0, 0.1) is 6.92 Å². The number of nitrogens with zero attached hydrogens (tertiary/aromatic N) is 3. The highest BCUT2D eigenvalue weighted by atomic mass is 32.1. The van der Waals surface area contributed by atoms with Crippen molar-refractivity contribution >= 4 is 16.5 Å². The second kappa shape index (κ2) is 4.69. The summed E-state index contributed by atoms with van der Waals surface area (Å²) in [7, 11) is 6.29. The lowest BCUT2D eigenvalue weighted by atomic mass is 10.1. The van der Waals surface area contributed by atoms with E-state index in [0.29, 0.717) is 6.04 Å². The Balaban J connectivity index is 2.24. The van der Waals surface area contributed by atoms with Gasteiger partial charge in [0.05, 0.1) is 11.7 Å². The van der Waals surface area contributed by atoms with Gasteiger partial charge in [0, 0.05) is 38.6 Å². The van der Waals surface area contributed by atoms with Crippen molar-refractivity contribution in [1.82, 2.24) is 15.2 Å². The quantitative estimate of drug-likeness (QED) is 0.838. The maximum absolute atomic E-state index is 4.61. The van der Waals surface area contributed by atoms with Crippen LogP contribution in [0.3, 0.4) is 0 Å². The lowest BCUT2D eigenvalue weighted by molar-refractivity contribution is 0.204. The van der Waals surface area contributed by atoms with Gasteiger partial charge < -0.3 is 10.2 Å². The lowest BCUT2D eigenvalue weighted by Crippen LogP contribution is -2.43. The average Bonchev–Trinajstić information content (AvgIpc) is 2.61. The van der Waals surface area contributed by atoms with Crippen molar-refractivity contribution in [2.45, 2.75) is 13.0 Å². The van der Waals surface area contributed by atoms with Crippen molar-refractivity contribution < 1.29 is 0 Å². The molecule has 1 aromatic heterocycles. The first kappa shape index (κ1) is 11.8. The lowest BCUT2D eigenvalue weighted by Gasteiger charge is -2.32. The predicted molar refractivity (Wildman–Crippen MR) is 69.4 cm³/mol. The molecule has 0 amide bonds. The first-order valence-electron chi connectivity index (χ1n) is 5.65. The molecule has 0 bridgehead atoms. The molecule has 1 aliphatic heterocycles. The van der Waals surface area contributed by atoms with Crippen LogP contribution in [0.1, 0.15) is 16.6 Å². The molecule has 1 N–H and O–H groups in total. The average molecular weight is 240 g/mol. The second-order valence-corrected chi connectivity index (χ2v) is 5.55. The monoisotopic (exact) mass is 240 g/mol. The second-order valence-electron chi connectivity index (χ2n) is 4.54. The van der Waals surface area contributed by atoms with E-state index in [0.717, 1.165) is 24.8 Å². The summed E-state index contributed by atoms with van der Waals surface area (Å²) in [6.45, 7) is 5.35. The van der Waals surface area contributed by atoms with Gasteiger partial charge in [-0.05, 0) is 14.0 Å². The highest BCUT2D eigenvalue weighted by molar-refractivity contribution is 7.15. The van der Waals surface area contributed by atoms with E-state index >= 15 is 0 Å². The minimum Gasteiger partial charge on any atom is -0.354 e. The molecule has 1 saturated heterocycles. The van der Waals surface area contributed by atoms with Crippen LogP contribution in [0.25, 0.3) is 0 Å². The topological polar surface area (TPSA) is 31.4 Å². The minimum atomic E-state index is 0.486. The zero-order valence-electron chi connectivity index (χ0n) is 10.4. The largest absolute Gasteiger partial charge is 0.354 e. The highest BCUT2D eigenvalue weighted by Gasteiger charge is 2.24. The normalized spacial score (nSPS) is 22.4. The van der Waals surface area contributed by atoms with Crippen molar-refractivity contribution in [1.29, 1.82) is 0 Å². The maximum Gasteiger partial charge on any atom is 0.185 e. The molecule has 1 fully saturated rings. The molecular formula is C11H20N4S. The molecule has 0 spiro atoms. The molecular weight excluding hydrogens is 220 g/mol. The van der Waals surface area contributed by atoms with Crippen molar-refractivity contribution in [2.24, 2.45) is 0 Å². The first-order valence-corrected chi connectivity index (χ1v) is 6.47. The van der Waals surface area contributed by atoms with Crippen LogP contribution < -0.4 is 10.2 Å². The van der Waals surface area contributed by atoms with Crippen LogP contribution >= 0.6 is 11.3 Å². The third kappa shape index (κ3) is 2.21. The van der Waals surface area contributed by atoms with Crippen molar-refractivity contribution in [3.63, 3.8) is 0 Å². The van der Waals surface area contributed by atoms with E-state index in [1.54, 1.807) is 0 Å². The molecule has 1 atom stereocenters. The molecule has 0 saturated carbocycles. The van der Waals surface area contributed by atoms with Crippen LogP contribution in [0.5, 0.6) is 0 Å². The Labute approximate surface area is 101 Å². The molecule has 16 heavy (non-hydrogen) atoms. The van der Waals surface area contributed by atoms with Gasteiger partial charge in [0.15, 0.2) is 5.13 Å². The summed E-state index contributed by atoms with van der Waals surface area (Å²) < 4.78 is 0. The number of anilines is 1. The van der Waals surface area contributed by atoms with Crippen LogP contribution in [0.4, 0.5) is 5.13 Å². The SMILES string of the molecule is Cc1nc(N(C)C)sc1C1CNCCN1C. The highest BCUT2D eigenvalue weighted by Crippen LogP contribution is 2.32. The summed E-state index contributed by atoms with van der Waals surface area (Å²) in [5.74, 6) is 0. The Hall–Kier alpha value is -0.650. The number of hydrogen-bond donors (Lipinski definition) is 1. The zero-order valence-corrected chi connectivity index (χ0v) is 11.3. The van der Waals surface area contributed by atoms with Gasteiger partial charge in [0.1, 0.15) is 0 Å². The molecule has 90 valence electrons. The Morgan fingerprint density at radius 3 is 2.81 bits per heavy atom. The molecule has 1 aliphatic rings. The molecule has 2 heterocycles. The third-order valence-electron chi connectivity index (χ3n) is 3.02. The van der Waals surface area contributed by atoms with E-state index < -0.39 is 0 Å². The standard InChI is InChI=1S/C11H20N4S/c1-8-10(16-11(13-8)14(2)3)9-7-12-5-6-15(9)4/h9,12H,5-7H2,1-4H3. The van der Waals surface area contributed by atoms with Gasteiger partial charge in [-0.1, -0.05) is 11.3 Å². The van der Waals surface area contributed by atoms with Gasteiger partial charge >= 0.3 is 0 Å². The van der Waals surface area contributed by atoms with Crippen LogP contribution in [0.15, 0.2) is 0 Å². The fourth-order valence-corrected chi connectivity index (χ4v) is 3.15. The number of piperazine rings is 1. The summed E-state index contributed by atoms with van der Waals surface area (Å²) in [6, 6.07) is 0.486. The number of thiazole rings is 1. The predicted octanol–water partition coefficient (Wildman–Crippen LogP) is 1.09. The zero-order chi connectivity index (χ0) is 11.7. The third-order valence-corrected chi connectivity index (χ3v) is 4.44. The fraction of sp³-hybridized carbons (Fsp3) is 0.727. The fourth-order valence-electron chi connectivity index (χ4n) is 1.99. The van der Waals surface area contributed by atoms with Crippen molar-refractivity contribution in [3.05, 3.63) is 10.6 Å². The number of likely N-dealkylation sites (N-methyl/N-ethyl adjacent to an activating group) is 1. The molecule has 0 aromatic carbocycles. The number of hydrogen-bond acceptors (Lipinski definition) is 5. The van der Waals surface area contributed by atoms with E-state index in [9.17, 15) is 0 Å². The first-order chi connectivity index (χ1) is 7.59. The number of aromatic nitrogens is 1. The molecule has 5 heteroatoms. The Morgan fingerprint density at radius 1 is 1.50 bits per heavy atom. The molecule has 2 rings (SSSR count). The van der Waals surface area contributed by atoms with Gasteiger partial charge in [0.2, 0.25) is 0 Å². The van der Waals surface area contributed by atoms with Gasteiger partial charge in [-0.25, -0.2) is 4.98 Å².